The molecule has 0 fully saturated rings. The minimum absolute atomic E-state index is 0.208. The van der Waals surface area contributed by atoms with Crippen molar-refractivity contribution in [3.05, 3.63) is 87.1 Å². The maximum Gasteiger partial charge on any atom is 0.336 e. The van der Waals surface area contributed by atoms with Crippen molar-refractivity contribution in [2.75, 3.05) is 26.6 Å². The van der Waals surface area contributed by atoms with E-state index in [1.54, 1.807) is 55.6 Å². The van der Waals surface area contributed by atoms with E-state index in [1.165, 1.54) is 30.9 Å². The Morgan fingerprint density at radius 2 is 1.49 bits per heavy atom. The van der Waals surface area contributed by atoms with E-state index in [-0.39, 0.29) is 17.4 Å². The summed E-state index contributed by atoms with van der Waals surface area (Å²) in [5, 5.41) is 2.98. The quantitative estimate of drug-likeness (QED) is 0.441. The highest BCUT2D eigenvalue weighted by Crippen LogP contribution is 2.30. The van der Waals surface area contributed by atoms with Crippen LogP contribution in [0.1, 0.15) is 5.56 Å². The monoisotopic (exact) mass is 475 g/mol. The Kier molecular flexibility index (Phi) is 6.59. The molecule has 0 saturated carbocycles. The molecule has 0 spiro atoms. The molecular formula is C26H25N3O6. The summed E-state index contributed by atoms with van der Waals surface area (Å²) in [5.74, 6) is 0.871. The lowest BCUT2D eigenvalue weighted by atomic mass is 10.2. The van der Waals surface area contributed by atoms with E-state index in [2.05, 4.69) is 5.32 Å². The number of aryl methyl sites for hydroxylation is 1. The van der Waals surface area contributed by atoms with Gasteiger partial charge in [0.05, 0.1) is 37.9 Å². The number of anilines is 1. The van der Waals surface area contributed by atoms with Crippen molar-refractivity contribution in [1.29, 1.82) is 0 Å². The molecule has 9 heteroatoms. The number of hydrogen-bond donors (Lipinski definition) is 1. The van der Waals surface area contributed by atoms with Crippen molar-refractivity contribution in [1.82, 2.24) is 9.13 Å². The van der Waals surface area contributed by atoms with Crippen LogP contribution in [0.25, 0.3) is 16.6 Å². The van der Waals surface area contributed by atoms with Crippen molar-refractivity contribution in [2.45, 2.75) is 13.5 Å². The van der Waals surface area contributed by atoms with Crippen LogP contribution in [-0.4, -0.2) is 36.4 Å². The number of ether oxygens (including phenoxy) is 3. The molecule has 0 bridgehead atoms. The second-order valence-corrected chi connectivity index (χ2v) is 7.85. The fraction of sp³-hybridized carbons (Fsp3) is 0.192. The van der Waals surface area contributed by atoms with Gasteiger partial charge >= 0.3 is 5.69 Å². The van der Waals surface area contributed by atoms with E-state index in [9.17, 15) is 14.4 Å². The minimum atomic E-state index is -0.650. The Hall–Kier alpha value is -4.53. The number of amides is 1. The fourth-order valence-corrected chi connectivity index (χ4v) is 3.79. The summed E-state index contributed by atoms with van der Waals surface area (Å²) in [6, 6.07) is 16.8. The molecule has 35 heavy (non-hydrogen) atoms. The second-order valence-electron chi connectivity index (χ2n) is 7.85. The summed E-state index contributed by atoms with van der Waals surface area (Å²) in [4.78, 5) is 39.9. The van der Waals surface area contributed by atoms with Gasteiger partial charge < -0.3 is 19.5 Å². The zero-order valence-corrected chi connectivity index (χ0v) is 19.8. The molecule has 0 saturated heterocycles. The molecular weight excluding hydrogens is 450 g/mol. The third kappa shape index (κ3) is 4.61. The molecule has 180 valence electrons. The second kappa shape index (κ2) is 9.76. The van der Waals surface area contributed by atoms with Crippen molar-refractivity contribution in [3.63, 3.8) is 0 Å². The summed E-state index contributed by atoms with van der Waals surface area (Å²) in [6.45, 7) is 1.58. The Bertz CT molecular complexity index is 1500. The molecule has 1 amide bonds. The van der Waals surface area contributed by atoms with E-state index in [0.29, 0.717) is 28.6 Å². The minimum Gasteiger partial charge on any atom is -0.497 e. The molecule has 0 radical (unpaired) electrons. The number of fused-ring (bicyclic) bond motifs is 1. The fourth-order valence-electron chi connectivity index (χ4n) is 3.79. The molecule has 1 aromatic heterocycles. The van der Waals surface area contributed by atoms with Crippen LogP contribution in [0.4, 0.5) is 5.69 Å². The Morgan fingerprint density at radius 3 is 2.09 bits per heavy atom. The first kappa shape index (κ1) is 23.6. The molecule has 4 aromatic rings. The van der Waals surface area contributed by atoms with Crippen molar-refractivity contribution >= 4 is 22.5 Å². The average Bonchev–Trinajstić information content (AvgIpc) is 2.87. The van der Waals surface area contributed by atoms with Gasteiger partial charge in [-0.05, 0) is 49.4 Å². The largest absolute Gasteiger partial charge is 0.497 e. The number of benzene rings is 3. The molecule has 4 rings (SSSR count). The molecule has 0 atom stereocenters. The summed E-state index contributed by atoms with van der Waals surface area (Å²) < 4.78 is 18.2. The predicted molar refractivity (Wildman–Crippen MR) is 133 cm³/mol. The zero-order valence-electron chi connectivity index (χ0n) is 19.8. The summed E-state index contributed by atoms with van der Waals surface area (Å²) in [6.07, 6.45) is 0. The Labute approximate surface area is 201 Å². The van der Waals surface area contributed by atoms with Gasteiger partial charge in [0.1, 0.15) is 12.3 Å². The van der Waals surface area contributed by atoms with Gasteiger partial charge in [-0.2, -0.15) is 0 Å². The van der Waals surface area contributed by atoms with Crippen LogP contribution in [0.5, 0.6) is 17.2 Å². The van der Waals surface area contributed by atoms with Gasteiger partial charge in [-0.1, -0.05) is 17.7 Å². The first-order valence-corrected chi connectivity index (χ1v) is 10.8. The van der Waals surface area contributed by atoms with Crippen LogP contribution < -0.4 is 30.8 Å². The summed E-state index contributed by atoms with van der Waals surface area (Å²) in [5.41, 5.74) is 0.995. The third-order valence-corrected chi connectivity index (χ3v) is 5.62. The van der Waals surface area contributed by atoms with E-state index in [4.69, 9.17) is 14.2 Å². The van der Waals surface area contributed by atoms with Crippen molar-refractivity contribution in [3.8, 4) is 22.9 Å². The molecule has 0 aliphatic carbocycles. The van der Waals surface area contributed by atoms with Crippen LogP contribution in [0, 0.1) is 6.92 Å². The maximum atomic E-state index is 13.6. The van der Waals surface area contributed by atoms with Gasteiger partial charge in [-0.25, -0.2) is 9.36 Å². The smallest absolute Gasteiger partial charge is 0.336 e. The van der Waals surface area contributed by atoms with Crippen molar-refractivity contribution < 1.29 is 19.0 Å². The average molecular weight is 476 g/mol. The lowest BCUT2D eigenvalue weighted by molar-refractivity contribution is -0.116. The number of aromatic nitrogens is 2. The standard InChI is InChI=1S/C26H25N3O6/c1-16-5-9-18(10-6-16)29-25(31)20-13-22(34-3)23(35-4)14-21(20)28(26(29)32)15-24(30)27-17-7-11-19(33-2)12-8-17/h5-14H,15H2,1-4H3,(H,27,30). The summed E-state index contributed by atoms with van der Waals surface area (Å²) in [7, 11) is 4.47. The van der Waals surface area contributed by atoms with E-state index < -0.39 is 17.2 Å². The van der Waals surface area contributed by atoms with Gasteiger partial charge in [-0.3, -0.25) is 14.2 Å². The molecule has 0 unspecified atom stereocenters. The van der Waals surface area contributed by atoms with Gasteiger partial charge in [0.15, 0.2) is 11.5 Å². The molecule has 1 N–H and O–H groups in total. The number of carbonyl (C=O) groups excluding carboxylic acids is 1. The van der Waals surface area contributed by atoms with Gasteiger partial charge in [0.25, 0.3) is 5.56 Å². The van der Waals surface area contributed by atoms with E-state index >= 15 is 0 Å². The highest BCUT2D eigenvalue weighted by atomic mass is 16.5. The highest BCUT2D eigenvalue weighted by molar-refractivity contribution is 5.92. The van der Waals surface area contributed by atoms with Crippen molar-refractivity contribution in [2.24, 2.45) is 0 Å². The number of nitrogens with one attached hydrogen (secondary N) is 1. The normalized spacial score (nSPS) is 10.7. The maximum absolute atomic E-state index is 13.6. The van der Waals surface area contributed by atoms with Crippen LogP contribution in [0.15, 0.2) is 70.3 Å². The third-order valence-electron chi connectivity index (χ3n) is 5.62. The SMILES string of the molecule is COc1ccc(NC(=O)Cn2c(=O)n(-c3ccc(C)cc3)c(=O)c3cc(OC)c(OC)cc32)cc1. The van der Waals surface area contributed by atoms with Crippen LogP contribution in [0.2, 0.25) is 0 Å². The topological polar surface area (TPSA) is 101 Å². The lowest BCUT2D eigenvalue weighted by Crippen LogP contribution is -2.40. The van der Waals surface area contributed by atoms with E-state index in [0.717, 1.165) is 10.1 Å². The van der Waals surface area contributed by atoms with Gasteiger partial charge in [0, 0.05) is 11.8 Å². The molecule has 9 nitrogen and oxygen atoms in total. The number of carbonyl (C=O) groups is 1. The molecule has 0 aliphatic heterocycles. The van der Waals surface area contributed by atoms with Crippen LogP contribution in [-0.2, 0) is 11.3 Å². The summed E-state index contributed by atoms with van der Waals surface area (Å²) >= 11 is 0. The first-order chi connectivity index (χ1) is 16.9. The Balaban J connectivity index is 1.87. The lowest BCUT2D eigenvalue weighted by Gasteiger charge is -2.16. The van der Waals surface area contributed by atoms with Gasteiger partial charge in [0.2, 0.25) is 5.91 Å². The number of hydrogen-bond acceptors (Lipinski definition) is 6. The molecule has 1 heterocycles. The molecule has 0 aliphatic rings. The van der Waals surface area contributed by atoms with Crippen LogP contribution >= 0.6 is 0 Å². The number of nitrogens with zero attached hydrogens (tertiary/aromatic N) is 2. The van der Waals surface area contributed by atoms with E-state index in [1.807, 2.05) is 6.92 Å². The predicted octanol–water partition coefficient (Wildman–Crippen LogP) is 3.13. The number of methoxy groups -OCH3 is 3. The van der Waals surface area contributed by atoms with Crippen LogP contribution in [0.3, 0.4) is 0 Å². The van der Waals surface area contributed by atoms with Gasteiger partial charge in [-0.15, -0.1) is 0 Å². The highest BCUT2D eigenvalue weighted by Gasteiger charge is 2.19. The molecule has 3 aromatic carbocycles. The Morgan fingerprint density at radius 1 is 0.857 bits per heavy atom. The zero-order chi connectivity index (χ0) is 25.1. The first-order valence-electron chi connectivity index (χ1n) is 10.8. The number of rotatable bonds is 7.